The van der Waals surface area contributed by atoms with Crippen molar-refractivity contribution in [3.05, 3.63) is 35.6 Å². The molecule has 4 heterocycles. The minimum Gasteiger partial charge on any atom is -0.382 e. The van der Waals surface area contributed by atoms with Crippen molar-refractivity contribution in [3.8, 4) is 0 Å². The molecule has 0 spiro atoms. The monoisotopic (exact) mass is 372 g/mol. The fourth-order valence-electron chi connectivity index (χ4n) is 2.86. The van der Waals surface area contributed by atoms with Crippen LogP contribution in [0.5, 0.6) is 0 Å². The highest BCUT2D eigenvalue weighted by Crippen LogP contribution is 2.34. The molecule has 0 radical (unpaired) electrons. The maximum Gasteiger partial charge on any atom is 0.179 e. The first-order valence-electron chi connectivity index (χ1n) is 8.07. The third-order valence-corrected chi connectivity index (χ3v) is 5.72. The number of nitrogens with two attached hydrogens (primary N) is 1. The lowest BCUT2D eigenvalue weighted by Crippen LogP contribution is -2.20. The van der Waals surface area contributed by atoms with E-state index in [9.17, 15) is 0 Å². The molecule has 1 saturated heterocycles. The van der Waals surface area contributed by atoms with Gasteiger partial charge < -0.3 is 10.6 Å². The van der Waals surface area contributed by atoms with E-state index in [1.807, 2.05) is 18.2 Å². The van der Waals surface area contributed by atoms with Gasteiger partial charge in [0.05, 0.1) is 11.2 Å². The molecule has 6 nitrogen and oxygen atoms in total. The van der Waals surface area contributed by atoms with Gasteiger partial charge in [0.2, 0.25) is 0 Å². The average molecular weight is 373 g/mol. The van der Waals surface area contributed by atoms with E-state index in [1.54, 1.807) is 12.4 Å². The number of nitrogens with zero attached hydrogens (tertiary/aromatic N) is 5. The number of nitrogen functional groups attached to an aromatic ring is 1. The van der Waals surface area contributed by atoms with Crippen molar-refractivity contribution < 1.29 is 0 Å². The Morgan fingerprint density at radius 2 is 2.12 bits per heavy atom. The molecule has 1 aliphatic rings. The number of hydrogen-bond acceptors (Lipinski definition) is 7. The van der Waals surface area contributed by atoms with Crippen LogP contribution in [0.4, 0.5) is 11.6 Å². The molecule has 3 aromatic rings. The van der Waals surface area contributed by atoms with E-state index in [1.165, 1.54) is 18.2 Å². The largest absolute Gasteiger partial charge is 0.382 e. The summed E-state index contributed by atoms with van der Waals surface area (Å²) in [4.78, 5) is 20.8. The van der Waals surface area contributed by atoms with Gasteiger partial charge >= 0.3 is 0 Å². The molecular weight excluding hydrogens is 356 g/mol. The predicted octanol–water partition coefficient (Wildman–Crippen LogP) is 3.65. The molecule has 0 bridgehead atoms. The molecule has 4 rings (SSSR count). The van der Waals surface area contributed by atoms with Crippen molar-refractivity contribution in [2.24, 2.45) is 5.92 Å². The summed E-state index contributed by atoms with van der Waals surface area (Å²) in [5, 5.41) is 1.23. The molecule has 128 valence electrons. The van der Waals surface area contributed by atoms with Crippen LogP contribution >= 0.6 is 23.4 Å². The molecule has 1 atom stereocenters. The van der Waals surface area contributed by atoms with Crippen LogP contribution < -0.4 is 10.6 Å². The quantitative estimate of drug-likeness (QED) is 0.751. The average Bonchev–Trinajstić information content (AvgIpc) is 3.05. The van der Waals surface area contributed by atoms with E-state index in [-0.39, 0.29) is 0 Å². The first-order valence-corrected chi connectivity index (χ1v) is 9.26. The molecule has 1 unspecified atom stereocenters. The molecule has 0 amide bonds. The molecule has 25 heavy (non-hydrogen) atoms. The molecule has 0 aromatic carbocycles. The second-order valence-corrected chi connectivity index (χ2v) is 7.61. The molecule has 2 N–H and O–H groups in total. The molecule has 8 heteroatoms. The van der Waals surface area contributed by atoms with E-state index in [4.69, 9.17) is 22.3 Å². The van der Waals surface area contributed by atoms with Gasteiger partial charge in [-0.1, -0.05) is 30.3 Å². The summed E-state index contributed by atoms with van der Waals surface area (Å²) >= 11 is 7.63. The number of hydrogen-bond donors (Lipinski definition) is 1. The smallest absolute Gasteiger partial charge is 0.179 e. The first kappa shape index (κ1) is 16.4. The number of rotatable bonds is 3. The lowest BCUT2D eigenvalue weighted by Gasteiger charge is -2.16. The van der Waals surface area contributed by atoms with Gasteiger partial charge in [-0.2, -0.15) is 0 Å². The third kappa shape index (κ3) is 3.34. The zero-order valence-electron chi connectivity index (χ0n) is 13.7. The third-order valence-electron chi connectivity index (χ3n) is 4.21. The van der Waals surface area contributed by atoms with Crippen LogP contribution in [0, 0.1) is 5.92 Å². The van der Waals surface area contributed by atoms with E-state index >= 15 is 0 Å². The van der Waals surface area contributed by atoms with E-state index in [0.717, 1.165) is 34.3 Å². The van der Waals surface area contributed by atoms with Crippen LogP contribution in [0.1, 0.15) is 13.3 Å². The van der Waals surface area contributed by atoms with Crippen molar-refractivity contribution >= 4 is 46.2 Å². The van der Waals surface area contributed by atoms with Crippen LogP contribution in [0.3, 0.4) is 0 Å². The molecular formula is C17H17ClN6S. The maximum atomic E-state index is 6.20. The number of fused-ring (bicyclic) bond motifs is 1. The Morgan fingerprint density at radius 1 is 1.24 bits per heavy atom. The van der Waals surface area contributed by atoms with Crippen LogP contribution in [-0.2, 0) is 0 Å². The van der Waals surface area contributed by atoms with Crippen molar-refractivity contribution in [3.63, 3.8) is 0 Å². The Morgan fingerprint density at radius 3 is 2.92 bits per heavy atom. The zero-order valence-corrected chi connectivity index (χ0v) is 15.3. The standard InChI is InChI=1S/C17H17ClN6S/c1-10-5-7-24(9-10)13-8-21-17-11(22-13)2-3-14(23-17)25-12-4-6-20-16(19)15(12)18/h2-4,6,8,10H,5,7,9H2,1H3,(H2,19,20). The zero-order chi connectivity index (χ0) is 17.4. The van der Waals surface area contributed by atoms with Gasteiger partial charge in [-0.25, -0.2) is 19.9 Å². The summed E-state index contributed by atoms with van der Waals surface area (Å²) in [7, 11) is 0. The minimum absolute atomic E-state index is 0.316. The SMILES string of the molecule is CC1CCN(c2cnc3nc(Sc4ccnc(N)c4Cl)ccc3n2)C1. The fraction of sp³-hybridized carbons (Fsp3) is 0.294. The van der Waals surface area contributed by atoms with Crippen molar-refractivity contribution in [1.29, 1.82) is 0 Å². The topological polar surface area (TPSA) is 80.8 Å². The highest BCUT2D eigenvalue weighted by molar-refractivity contribution is 7.99. The number of pyridine rings is 2. The Labute approximate surface area is 154 Å². The van der Waals surface area contributed by atoms with E-state index in [0.29, 0.717) is 22.4 Å². The Balaban J connectivity index is 1.61. The first-order chi connectivity index (χ1) is 12.1. The lowest BCUT2D eigenvalue weighted by atomic mass is 10.2. The van der Waals surface area contributed by atoms with Crippen LogP contribution in [0.2, 0.25) is 5.02 Å². The number of anilines is 2. The van der Waals surface area contributed by atoms with Gasteiger partial charge in [0.1, 0.15) is 22.2 Å². The minimum atomic E-state index is 0.316. The van der Waals surface area contributed by atoms with Gasteiger partial charge in [-0.15, -0.1) is 0 Å². The van der Waals surface area contributed by atoms with Crippen molar-refractivity contribution in [2.45, 2.75) is 23.3 Å². The van der Waals surface area contributed by atoms with Crippen LogP contribution in [0.25, 0.3) is 11.2 Å². The highest BCUT2D eigenvalue weighted by Gasteiger charge is 2.20. The Hall–Kier alpha value is -2.12. The van der Waals surface area contributed by atoms with Crippen molar-refractivity contribution in [1.82, 2.24) is 19.9 Å². The van der Waals surface area contributed by atoms with E-state index < -0.39 is 0 Å². The number of aromatic nitrogens is 4. The Bertz CT molecular complexity index is 934. The molecule has 1 aliphatic heterocycles. The molecule has 0 aliphatic carbocycles. The summed E-state index contributed by atoms with van der Waals surface area (Å²) < 4.78 is 0. The normalized spacial score (nSPS) is 17.4. The number of halogens is 1. The lowest BCUT2D eigenvalue weighted by molar-refractivity contribution is 0.659. The van der Waals surface area contributed by atoms with E-state index in [2.05, 4.69) is 26.8 Å². The summed E-state index contributed by atoms with van der Waals surface area (Å²) in [6.45, 7) is 4.32. The van der Waals surface area contributed by atoms with Gasteiger partial charge in [-0.3, -0.25) is 0 Å². The molecule has 1 fully saturated rings. The summed E-state index contributed by atoms with van der Waals surface area (Å²) in [6, 6.07) is 5.68. The summed E-state index contributed by atoms with van der Waals surface area (Å²) in [5.41, 5.74) is 7.16. The van der Waals surface area contributed by atoms with Gasteiger partial charge in [0.25, 0.3) is 0 Å². The van der Waals surface area contributed by atoms with Crippen LogP contribution in [0.15, 0.2) is 40.5 Å². The second kappa shape index (κ2) is 6.65. The maximum absolute atomic E-state index is 6.20. The summed E-state index contributed by atoms with van der Waals surface area (Å²) in [5.74, 6) is 1.94. The van der Waals surface area contributed by atoms with Gasteiger partial charge in [0.15, 0.2) is 5.65 Å². The fourth-order valence-corrected chi connectivity index (χ4v) is 3.91. The van der Waals surface area contributed by atoms with Gasteiger partial charge in [0, 0.05) is 24.2 Å². The summed E-state index contributed by atoms with van der Waals surface area (Å²) in [6.07, 6.45) is 4.64. The van der Waals surface area contributed by atoms with Crippen LogP contribution in [-0.4, -0.2) is 33.0 Å². The molecule has 0 saturated carbocycles. The predicted molar refractivity (Wildman–Crippen MR) is 101 cm³/mol. The second-order valence-electron chi connectivity index (χ2n) is 6.17. The molecule has 3 aromatic heterocycles. The van der Waals surface area contributed by atoms with Crippen molar-refractivity contribution in [2.75, 3.05) is 23.7 Å². The Kier molecular flexibility index (Phi) is 4.35. The van der Waals surface area contributed by atoms with Gasteiger partial charge in [-0.05, 0) is 30.5 Å². The highest BCUT2D eigenvalue weighted by atomic mass is 35.5.